The number of carbonyl (C=O) groups is 2. The summed E-state index contributed by atoms with van der Waals surface area (Å²) >= 11 is 1.03. The van der Waals surface area contributed by atoms with Crippen molar-refractivity contribution in [2.45, 2.75) is 13.8 Å². The number of carbonyl (C=O) groups excluding carboxylic acids is 2. The number of para-hydroxylation sites is 1. The van der Waals surface area contributed by atoms with E-state index in [2.05, 4.69) is 10.2 Å². The predicted molar refractivity (Wildman–Crippen MR) is 99.8 cm³/mol. The van der Waals surface area contributed by atoms with E-state index >= 15 is 0 Å². The highest BCUT2D eigenvalue weighted by atomic mass is 32.2. The average molecular weight is 351 g/mol. The molecule has 0 radical (unpaired) electrons. The van der Waals surface area contributed by atoms with E-state index in [9.17, 15) is 9.59 Å². The molecule has 5 nitrogen and oxygen atoms in total. The molecule has 1 aliphatic rings. The zero-order valence-electron chi connectivity index (χ0n) is 14.0. The van der Waals surface area contributed by atoms with Crippen molar-refractivity contribution in [3.63, 3.8) is 0 Å². The number of nitrogens with zero attached hydrogens (tertiary/aromatic N) is 3. The van der Waals surface area contributed by atoms with Gasteiger partial charge in [-0.3, -0.25) is 9.59 Å². The minimum Gasteiger partial charge on any atom is -0.326 e. The van der Waals surface area contributed by atoms with Gasteiger partial charge < -0.3 is 4.90 Å². The number of aryl methyl sites for hydroxylation is 1. The zero-order chi connectivity index (χ0) is 17.8. The molecular weight excluding hydrogens is 334 g/mol. The molecule has 0 atom stereocenters. The number of thioether (sulfide) groups is 1. The van der Waals surface area contributed by atoms with Crippen LogP contribution in [0, 0.1) is 6.92 Å². The van der Waals surface area contributed by atoms with Crippen LogP contribution in [0.25, 0.3) is 0 Å². The smallest absolute Gasteiger partial charge is 0.214 e. The number of allylic oxidation sites excluding steroid dienone is 1. The normalized spacial score (nSPS) is 16.6. The zero-order valence-corrected chi connectivity index (χ0v) is 14.8. The minimum absolute atomic E-state index is 0.0249. The molecule has 0 bridgehead atoms. The van der Waals surface area contributed by atoms with E-state index in [0.717, 1.165) is 23.0 Å². The summed E-state index contributed by atoms with van der Waals surface area (Å²) in [4.78, 5) is 25.9. The van der Waals surface area contributed by atoms with Gasteiger partial charge in [-0.15, -0.1) is 5.11 Å². The number of anilines is 1. The molecule has 2 aromatic rings. The van der Waals surface area contributed by atoms with Gasteiger partial charge >= 0.3 is 0 Å². The van der Waals surface area contributed by atoms with Gasteiger partial charge in [-0.2, -0.15) is 5.11 Å². The molecule has 6 heteroatoms. The number of rotatable bonds is 4. The van der Waals surface area contributed by atoms with E-state index < -0.39 is 0 Å². The van der Waals surface area contributed by atoms with Crippen molar-refractivity contribution in [3.8, 4) is 0 Å². The van der Waals surface area contributed by atoms with Crippen LogP contribution in [0.5, 0.6) is 0 Å². The third-order valence-corrected chi connectivity index (χ3v) is 4.61. The summed E-state index contributed by atoms with van der Waals surface area (Å²) in [6, 6.07) is 17.0. The second-order valence-electron chi connectivity index (χ2n) is 5.64. The summed E-state index contributed by atoms with van der Waals surface area (Å²) in [6.07, 6.45) is 0. The topological polar surface area (TPSA) is 62.1 Å². The average Bonchev–Trinajstić information content (AvgIpc) is 2.99. The molecule has 0 amide bonds. The number of azo groups is 1. The van der Waals surface area contributed by atoms with Crippen LogP contribution in [-0.2, 0) is 9.59 Å². The van der Waals surface area contributed by atoms with E-state index in [1.165, 1.54) is 6.92 Å². The fourth-order valence-electron chi connectivity index (χ4n) is 2.37. The molecule has 2 aromatic carbocycles. The van der Waals surface area contributed by atoms with E-state index in [4.69, 9.17) is 0 Å². The van der Waals surface area contributed by atoms with Crippen LogP contribution < -0.4 is 4.90 Å². The van der Waals surface area contributed by atoms with Crippen molar-refractivity contribution in [1.82, 2.24) is 0 Å². The highest BCUT2D eigenvalue weighted by molar-refractivity contribution is 8.17. The Hall–Kier alpha value is -2.73. The molecule has 25 heavy (non-hydrogen) atoms. The standard InChI is InChI=1S/C19H17N3O2S/c1-13-8-10-15(11-9-13)20-21-18(14(2)23)19-22(12-17(24)25-19)16-6-4-3-5-7-16/h3-11H,12H2,1-2H3/b19-18+,21-20?. The van der Waals surface area contributed by atoms with Crippen LogP contribution in [0.3, 0.4) is 0 Å². The number of Topliss-reactive ketones (excluding diaryl/α,β-unsaturated/α-hetero) is 1. The predicted octanol–water partition coefficient (Wildman–Crippen LogP) is 4.62. The van der Waals surface area contributed by atoms with Gasteiger partial charge in [0.2, 0.25) is 5.12 Å². The molecule has 0 saturated carbocycles. The lowest BCUT2D eigenvalue weighted by Crippen LogP contribution is -2.20. The molecule has 0 spiro atoms. The monoisotopic (exact) mass is 351 g/mol. The van der Waals surface area contributed by atoms with Crippen molar-refractivity contribution < 1.29 is 9.59 Å². The number of benzene rings is 2. The second kappa shape index (κ2) is 7.44. The van der Waals surface area contributed by atoms with Crippen LogP contribution in [-0.4, -0.2) is 17.4 Å². The van der Waals surface area contributed by atoms with E-state index in [1.54, 1.807) is 4.90 Å². The molecule has 0 aromatic heterocycles. The van der Waals surface area contributed by atoms with E-state index in [1.807, 2.05) is 61.5 Å². The lowest BCUT2D eigenvalue weighted by molar-refractivity contribution is -0.113. The van der Waals surface area contributed by atoms with Crippen molar-refractivity contribution in [1.29, 1.82) is 0 Å². The maximum absolute atomic E-state index is 12.1. The molecular formula is C19H17N3O2S. The van der Waals surface area contributed by atoms with Crippen LogP contribution in [0.2, 0.25) is 0 Å². The molecule has 1 saturated heterocycles. The third kappa shape index (κ3) is 4.03. The Labute approximate surface area is 150 Å². The van der Waals surface area contributed by atoms with E-state index in [-0.39, 0.29) is 23.1 Å². The Morgan fingerprint density at radius 2 is 1.76 bits per heavy atom. The summed E-state index contributed by atoms with van der Waals surface area (Å²) in [5.74, 6) is -0.228. The summed E-state index contributed by atoms with van der Waals surface area (Å²) in [5, 5.41) is 8.82. The fourth-order valence-corrected chi connectivity index (χ4v) is 3.34. The van der Waals surface area contributed by atoms with Gasteiger partial charge in [-0.25, -0.2) is 0 Å². The molecule has 1 aliphatic heterocycles. The first-order chi connectivity index (χ1) is 12.0. The van der Waals surface area contributed by atoms with Crippen molar-refractivity contribution in [3.05, 3.63) is 70.9 Å². The molecule has 3 rings (SSSR count). The van der Waals surface area contributed by atoms with Gasteiger partial charge in [-0.1, -0.05) is 35.9 Å². The Kier molecular flexibility index (Phi) is 5.09. The van der Waals surface area contributed by atoms with Gasteiger partial charge in [0.15, 0.2) is 11.5 Å². The van der Waals surface area contributed by atoms with Gasteiger partial charge in [0.05, 0.1) is 12.2 Å². The SMILES string of the molecule is CC(=O)/C(N=Nc1ccc(C)cc1)=C1\SC(=O)CN1c1ccccc1. The van der Waals surface area contributed by atoms with Crippen molar-refractivity contribution in [2.75, 3.05) is 11.4 Å². The van der Waals surface area contributed by atoms with Crippen LogP contribution in [0.4, 0.5) is 11.4 Å². The van der Waals surface area contributed by atoms with E-state index in [0.29, 0.717) is 10.7 Å². The molecule has 1 fully saturated rings. The molecule has 1 heterocycles. The first-order valence-corrected chi connectivity index (χ1v) is 8.63. The van der Waals surface area contributed by atoms with Crippen LogP contribution in [0.15, 0.2) is 75.6 Å². The Morgan fingerprint density at radius 3 is 2.40 bits per heavy atom. The van der Waals surface area contributed by atoms with Crippen molar-refractivity contribution >= 4 is 34.0 Å². The molecule has 0 unspecified atom stereocenters. The molecule has 0 N–H and O–H groups in total. The van der Waals surface area contributed by atoms with Gasteiger partial charge in [0, 0.05) is 12.6 Å². The lowest BCUT2D eigenvalue weighted by Gasteiger charge is -2.18. The third-order valence-electron chi connectivity index (χ3n) is 3.65. The maximum Gasteiger partial charge on any atom is 0.214 e. The number of ketones is 1. The first kappa shape index (κ1) is 17.1. The Balaban J connectivity index is 2.00. The summed E-state index contributed by atoms with van der Waals surface area (Å²) in [5.41, 5.74) is 2.82. The molecule has 126 valence electrons. The number of hydrogen-bond donors (Lipinski definition) is 0. The second-order valence-corrected chi connectivity index (χ2v) is 6.69. The van der Waals surface area contributed by atoms with Crippen LogP contribution >= 0.6 is 11.8 Å². The Bertz CT molecular complexity index is 858. The maximum atomic E-state index is 12.1. The largest absolute Gasteiger partial charge is 0.326 e. The molecule has 0 aliphatic carbocycles. The quantitative estimate of drug-likeness (QED) is 0.596. The highest BCUT2D eigenvalue weighted by Crippen LogP contribution is 2.37. The van der Waals surface area contributed by atoms with Gasteiger partial charge in [0.25, 0.3) is 0 Å². The lowest BCUT2D eigenvalue weighted by atomic mass is 10.2. The van der Waals surface area contributed by atoms with Crippen molar-refractivity contribution in [2.24, 2.45) is 10.2 Å². The van der Waals surface area contributed by atoms with Gasteiger partial charge in [0.1, 0.15) is 5.03 Å². The fraction of sp³-hybridized carbons (Fsp3) is 0.158. The summed E-state index contributed by atoms with van der Waals surface area (Å²) < 4.78 is 0. The minimum atomic E-state index is -0.228. The van der Waals surface area contributed by atoms with Gasteiger partial charge in [-0.05, 0) is 43.0 Å². The Morgan fingerprint density at radius 1 is 1.08 bits per heavy atom. The van der Waals surface area contributed by atoms with Crippen LogP contribution in [0.1, 0.15) is 12.5 Å². The summed E-state index contributed by atoms with van der Waals surface area (Å²) in [6.45, 7) is 3.63. The number of hydrogen-bond acceptors (Lipinski definition) is 6. The summed E-state index contributed by atoms with van der Waals surface area (Å²) in [7, 11) is 0. The first-order valence-electron chi connectivity index (χ1n) is 7.81. The highest BCUT2D eigenvalue weighted by Gasteiger charge is 2.31.